The second-order valence-corrected chi connectivity index (χ2v) is 4.44. The molecule has 0 spiro atoms. The lowest BCUT2D eigenvalue weighted by atomic mass is 10.1. The van der Waals surface area contributed by atoms with E-state index in [0.29, 0.717) is 0 Å². The second kappa shape index (κ2) is 4.12. The molecule has 0 amide bonds. The van der Waals surface area contributed by atoms with Crippen molar-refractivity contribution in [1.29, 1.82) is 0 Å². The maximum atomic E-state index is 10.4. The predicted octanol–water partition coefficient (Wildman–Crippen LogP) is 1.60. The molecule has 0 fully saturated rings. The Bertz CT molecular complexity index is 129. The lowest BCUT2D eigenvalue weighted by molar-refractivity contribution is 0.361. The van der Waals surface area contributed by atoms with Crippen molar-refractivity contribution in [2.24, 2.45) is 5.92 Å². The lowest BCUT2D eigenvalue weighted by Crippen LogP contribution is -2.01. The highest BCUT2D eigenvalue weighted by Gasteiger charge is 2.16. The number of hydrogen-bond donors (Lipinski definition) is 2. The molecule has 4 heteroatoms. The Labute approximate surface area is 61.6 Å². The van der Waals surface area contributed by atoms with E-state index < -0.39 is 7.60 Å². The SMILES string of the molecule is CCCC(C)CP(=O)(O)O. The largest absolute Gasteiger partial charge is 0.325 e. The van der Waals surface area contributed by atoms with Gasteiger partial charge >= 0.3 is 7.60 Å². The molecule has 0 aliphatic heterocycles. The highest BCUT2D eigenvalue weighted by atomic mass is 31.2. The van der Waals surface area contributed by atoms with Crippen LogP contribution < -0.4 is 0 Å². The van der Waals surface area contributed by atoms with Crippen LogP contribution in [0.5, 0.6) is 0 Å². The molecular weight excluding hydrogens is 151 g/mol. The molecule has 1 unspecified atom stereocenters. The maximum absolute atomic E-state index is 10.4. The fraction of sp³-hybridized carbons (Fsp3) is 1.00. The first-order valence-electron chi connectivity index (χ1n) is 3.50. The van der Waals surface area contributed by atoms with Crippen LogP contribution in [0.2, 0.25) is 0 Å². The van der Waals surface area contributed by atoms with Crippen LogP contribution in [0.3, 0.4) is 0 Å². The summed E-state index contributed by atoms with van der Waals surface area (Å²) in [4.78, 5) is 17.1. The van der Waals surface area contributed by atoms with Crippen LogP contribution in [0.25, 0.3) is 0 Å². The first-order valence-corrected chi connectivity index (χ1v) is 5.30. The first-order chi connectivity index (χ1) is 4.45. The standard InChI is InChI=1S/C6H15O3P/c1-3-4-6(2)5-10(7,8)9/h6H,3-5H2,1-2H3,(H2,7,8,9). The van der Waals surface area contributed by atoms with Crippen LogP contribution >= 0.6 is 7.60 Å². The second-order valence-electron chi connectivity index (χ2n) is 2.74. The molecule has 0 bridgehead atoms. The Balaban J connectivity index is 3.58. The average Bonchev–Trinajstić information content (AvgIpc) is 1.59. The van der Waals surface area contributed by atoms with E-state index in [0.717, 1.165) is 12.8 Å². The number of hydrogen-bond acceptors (Lipinski definition) is 1. The Morgan fingerprint density at radius 3 is 2.30 bits per heavy atom. The summed E-state index contributed by atoms with van der Waals surface area (Å²) in [5.74, 6) is 0.144. The summed E-state index contributed by atoms with van der Waals surface area (Å²) in [6.45, 7) is 3.87. The average molecular weight is 166 g/mol. The van der Waals surface area contributed by atoms with Crippen LogP contribution in [0, 0.1) is 5.92 Å². The van der Waals surface area contributed by atoms with Crippen LogP contribution in [0.1, 0.15) is 26.7 Å². The third kappa shape index (κ3) is 6.27. The molecule has 0 heterocycles. The molecule has 0 aromatic heterocycles. The van der Waals surface area contributed by atoms with Gasteiger partial charge < -0.3 is 9.79 Å². The van der Waals surface area contributed by atoms with Crippen molar-refractivity contribution in [3.05, 3.63) is 0 Å². The maximum Gasteiger partial charge on any atom is 0.325 e. The Morgan fingerprint density at radius 1 is 1.50 bits per heavy atom. The molecule has 0 rings (SSSR count). The summed E-state index contributed by atoms with van der Waals surface area (Å²) in [7, 11) is -3.75. The van der Waals surface area contributed by atoms with Crippen LogP contribution in [-0.2, 0) is 4.57 Å². The van der Waals surface area contributed by atoms with Gasteiger partial charge in [-0.2, -0.15) is 0 Å². The summed E-state index contributed by atoms with van der Waals surface area (Å²) >= 11 is 0. The highest BCUT2D eigenvalue weighted by Crippen LogP contribution is 2.37. The monoisotopic (exact) mass is 166 g/mol. The lowest BCUT2D eigenvalue weighted by Gasteiger charge is -2.09. The molecule has 1 atom stereocenters. The molecule has 0 radical (unpaired) electrons. The zero-order chi connectivity index (χ0) is 8.20. The molecule has 0 aromatic rings. The fourth-order valence-corrected chi connectivity index (χ4v) is 1.98. The van der Waals surface area contributed by atoms with E-state index in [-0.39, 0.29) is 12.1 Å². The Morgan fingerprint density at radius 2 is 2.00 bits per heavy atom. The molecule has 0 aliphatic rings. The normalized spacial score (nSPS) is 15.2. The van der Waals surface area contributed by atoms with E-state index >= 15 is 0 Å². The molecule has 3 nitrogen and oxygen atoms in total. The smallest absolute Gasteiger partial charge is 0.324 e. The van der Waals surface area contributed by atoms with E-state index in [4.69, 9.17) is 9.79 Å². The van der Waals surface area contributed by atoms with Gasteiger partial charge in [-0.25, -0.2) is 0 Å². The third-order valence-electron chi connectivity index (χ3n) is 1.33. The summed E-state index contributed by atoms with van der Waals surface area (Å²) in [6.07, 6.45) is 1.91. The zero-order valence-electron chi connectivity index (χ0n) is 6.45. The van der Waals surface area contributed by atoms with Crippen molar-refractivity contribution < 1.29 is 14.4 Å². The molecule has 0 aliphatic carbocycles. The van der Waals surface area contributed by atoms with Gasteiger partial charge in [-0.15, -0.1) is 0 Å². The van der Waals surface area contributed by atoms with Crippen molar-refractivity contribution in [2.45, 2.75) is 26.7 Å². The molecule has 2 N–H and O–H groups in total. The minimum Gasteiger partial charge on any atom is -0.324 e. The van der Waals surface area contributed by atoms with Crippen molar-refractivity contribution in [1.82, 2.24) is 0 Å². The topological polar surface area (TPSA) is 57.5 Å². The Kier molecular flexibility index (Phi) is 4.18. The predicted molar refractivity (Wildman–Crippen MR) is 41.0 cm³/mol. The molecular formula is C6H15O3P. The van der Waals surface area contributed by atoms with E-state index in [2.05, 4.69) is 0 Å². The summed E-state index contributed by atoms with van der Waals surface area (Å²) in [5.41, 5.74) is 0. The van der Waals surface area contributed by atoms with Gasteiger partial charge in [-0.1, -0.05) is 26.7 Å². The van der Waals surface area contributed by atoms with Crippen molar-refractivity contribution >= 4 is 7.60 Å². The quantitative estimate of drug-likeness (QED) is 0.623. The van der Waals surface area contributed by atoms with Crippen molar-refractivity contribution in [3.8, 4) is 0 Å². The minimum atomic E-state index is -3.75. The summed E-state index contributed by atoms with van der Waals surface area (Å²) in [5, 5.41) is 0. The van der Waals surface area contributed by atoms with Crippen molar-refractivity contribution in [3.63, 3.8) is 0 Å². The van der Waals surface area contributed by atoms with Gasteiger partial charge in [0.05, 0.1) is 6.16 Å². The molecule has 0 saturated carbocycles. The van der Waals surface area contributed by atoms with Gasteiger partial charge in [-0.05, 0) is 5.92 Å². The third-order valence-corrected chi connectivity index (χ3v) is 2.43. The van der Waals surface area contributed by atoms with E-state index in [1.165, 1.54) is 0 Å². The van der Waals surface area contributed by atoms with Gasteiger partial charge in [0.25, 0.3) is 0 Å². The van der Waals surface area contributed by atoms with E-state index in [1.807, 2.05) is 13.8 Å². The number of rotatable bonds is 4. The zero-order valence-corrected chi connectivity index (χ0v) is 7.34. The van der Waals surface area contributed by atoms with Gasteiger partial charge in [0.15, 0.2) is 0 Å². The summed E-state index contributed by atoms with van der Waals surface area (Å²) < 4.78 is 10.4. The molecule has 62 valence electrons. The minimum absolute atomic E-state index is 0.0286. The highest BCUT2D eigenvalue weighted by molar-refractivity contribution is 7.51. The van der Waals surface area contributed by atoms with E-state index in [1.54, 1.807) is 0 Å². The molecule has 0 saturated heterocycles. The van der Waals surface area contributed by atoms with E-state index in [9.17, 15) is 4.57 Å². The fourth-order valence-electron chi connectivity index (χ4n) is 0.990. The first kappa shape index (κ1) is 10.2. The van der Waals surface area contributed by atoms with Crippen LogP contribution in [0.4, 0.5) is 0 Å². The summed E-state index contributed by atoms with van der Waals surface area (Å²) in [6, 6.07) is 0. The molecule has 0 aromatic carbocycles. The van der Waals surface area contributed by atoms with Crippen LogP contribution in [-0.4, -0.2) is 15.9 Å². The Hall–Kier alpha value is 0.150. The van der Waals surface area contributed by atoms with Gasteiger partial charge in [0.2, 0.25) is 0 Å². The molecule has 10 heavy (non-hydrogen) atoms. The van der Waals surface area contributed by atoms with Crippen LogP contribution in [0.15, 0.2) is 0 Å². The van der Waals surface area contributed by atoms with Gasteiger partial charge in [0.1, 0.15) is 0 Å². The van der Waals surface area contributed by atoms with Crippen molar-refractivity contribution in [2.75, 3.05) is 6.16 Å². The van der Waals surface area contributed by atoms with Gasteiger partial charge in [-0.3, -0.25) is 4.57 Å². The van der Waals surface area contributed by atoms with Gasteiger partial charge in [0, 0.05) is 0 Å².